The van der Waals surface area contributed by atoms with Crippen LogP contribution in [0.4, 0.5) is 0 Å². The van der Waals surface area contributed by atoms with Crippen molar-refractivity contribution in [3.8, 4) is 0 Å². The number of amides is 2. The maximum Gasteiger partial charge on any atom is 0.239 e. The minimum Gasteiger partial charge on any atom is -0.368 e. The predicted octanol–water partition coefficient (Wildman–Crippen LogP) is -0.998. The number of rotatable bonds is 5. The summed E-state index contributed by atoms with van der Waals surface area (Å²) in [6, 6.07) is -0.697. The van der Waals surface area contributed by atoms with Crippen LogP contribution >= 0.6 is 0 Å². The molecule has 1 saturated heterocycles. The highest BCUT2D eigenvalue weighted by Crippen LogP contribution is 2.11. The average Bonchev–Trinajstić information content (AvgIpc) is 2.39. The Morgan fingerprint density at radius 1 is 1.44 bits per heavy atom. The zero-order valence-corrected chi connectivity index (χ0v) is 11.5. The van der Waals surface area contributed by atoms with Crippen molar-refractivity contribution in [1.29, 1.82) is 0 Å². The molecule has 1 fully saturated rings. The van der Waals surface area contributed by atoms with Gasteiger partial charge in [0, 0.05) is 32.7 Å². The average molecular weight is 256 g/mol. The summed E-state index contributed by atoms with van der Waals surface area (Å²) in [4.78, 5) is 27.4. The van der Waals surface area contributed by atoms with Crippen LogP contribution in [0.25, 0.3) is 0 Å². The SMILES string of the molecule is CCN(CC)C(=O)C(C)N1CCNCC1C(N)=O. The summed E-state index contributed by atoms with van der Waals surface area (Å²) in [6.07, 6.45) is 0. The lowest BCUT2D eigenvalue weighted by Crippen LogP contribution is -2.62. The molecule has 6 nitrogen and oxygen atoms in total. The summed E-state index contributed by atoms with van der Waals surface area (Å²) in [5.41, 5.74) is 5.39. The molecule has 0 bridgehead atoms. The molecule has 1 aliphatic heterocycles. The molecule has 104 valence electrons. The quantitative estimate of drug-likeness (QED) is 0.661. The number of nitrogens with zero attached hydrogens (tertiary/aromatic N) is 2. The number of hydrogen-bond acceptors (Lipinski definition) is 4. The Bertz CT molecular complexity index is 304. The molecule has 0 saturated carbocycles. The van der Waals surface area contributed by atoms with Gasteiger partial charge in [0.05, 0.1) is 6.04 Å². The minimum absolute atomic E-state index is 0.0631. The first kappa shape index (κ1) is 14.9. The highest BCUT2D eigenvalue weighted by Gasteiger charge is 2.34. The van der Waals surface area contributed by atoms with E-state index < -0.39 is 6.04 Å². The van der Waals surface area contributed by atoms with Gasteiger partial charge in [-0.2, -0.15) is 0 Å². The van der Waals surface area contributed by atoms with E-state index in [9.17, 15) is 9.59 Å². The van der Waals surface area contributed by atoms with Crippen LogP contribution in [-0.2, 0) is 9.59 Å². The molecule has 3 N–H and O–H groups in total. The highest BCUT2D eigenvalue weighted by atomic mass is 16.2. The van der Waals surface area contributed by atoms with Gasteiger partial charge in [0.15, 0.2) is 0 Å². The Hall–Kier alpha value is -1.14. The Balaban J connectivity index is 2.76. The maximum absolute atomic E-state index is 12.3. The summed E-state index contributed by atoms with van der Waals surface area (Å²) >= 11 is 0. The van der Waals surface area contributed by atoms with E-state index in [1.165, 1.54) is 0 Å². The second-order valence-electron chi connectivity index (χ2n) is 4.55. The normalized spacial score (nSPS) is 22.5. The Morgan fingerprint density at radius 2 is 2.06 bits per heavy atom. The zero-order chi connectivity index (χ0) is 13.7. The van der Waals surface area contributed by atoms with Crippen LogP contribution in [0, 0.1) is 0 Å². The summed E-state index contributed by atoms with van der Waals surface area (Å²) in [5, 5.41) is 3.13. The first-order valence-corrected chi connectivity index (χ1v) is 6.57. The fourth-order valence-electron chi connectivity index (χ4n) is 2.39. The molecule has 0 radical (unpaired) electrons. The van der Waals surface area contributed by atoms with E-state index in [0.717, 1.165) is 6.54 Å². The number of primary amides is 1. The van der Waals surface area contributed by atoms with Gasteiger partial charge in [-0.05, 0) is 20.8 Å². The summed E-state index contributed by atoms with van der Waals surface area (Å²) in [7, 11) is 0. The molecular formula is C12H24N4O2. The number of likely N-dealkylation sites (N-methyl/N-ethyl adjacent to an activating group) is 1. The number of nitrogens with one attached hydrogen (secondary N) is 1. The van der Waals surface area contributed by atoms with Gasteiger partial charge in [0.2, 0.25) is 11.8 Å². The summed E-state index contributed by atoms with van der Waals surface area (Å²) in [6.45, 7) is 9.10. The van der Waals surface area contributed by atoms with E-state index in [1.54, 1.807) is 4.90 Å². The van der Waals surface area contributed by atoms with Crippen molar-refractivity contribution in [2.75, 3.05) is 32.7 Å². The fraction of sp³-hybridized carbons (Fsp3) is 0.833. The molecule has 2 amide bonds. The van der Waals surface area contributed by atoms with Crippen molar-refractivity contribution in [3.05, 3.63) is 0 Å². The van der Waals surface area contributed by atoms with Crippen molar-refractivity contribution in [1.82, 2.24) is 15.1 Å². The standard InChI is InChI=1S/C12H24N4O2/c1-4-15(5-2)12(18)9(3)16-7-6-14-8-10(16)11(13)17/h9-10,14H,4-8H2,1-3H3,(H2,13,17). The number of carbonyl (C=O) groups excluding carboxylic acids is 2. The largest absolute Gasteiger partial charge is 0.368 e. The third-order valence-corrected chi connectivity index (χ3v) is 3.54. The first-order chi connectivity index (χ1) is 8.52. The number of hydrogen-bond donors (Lipinski definition) is 2. The van der Waals surface area contributed by atoms with Crippen LogP contribution < -0.4 is 11.1 Å². The van der Waals surface area contributed by atoms with E-state index >= 15 is 0 Å². The molecule has 2 atom stereocenters. The topological polar surface area (TPSA) is 78.7 Å². The van der Waals surface area contributed by atoms with E-state index in [2.05, 4.69) is 5.32 Å². The van der Waals surface area contributed by atoms with Gasteiger partial charge in [0.1, 0.15) is 6.04 Å². The lowest BCUT2D eigenvalue weighted by Gasteiger charge is -2.39. The van der Waals surface area contributed by atoms with Crippen molar-refractivity contribution >= 4 is 11.8 Å². The van der Waals surface area contributed by atoms with E-state index in [0.29, 0.717) is 26.2 Å². The van der Waals surface area contributed by atoms with Crippen LogP contribution in [-0.4, -0.2) is 66.4 Å². The van der Waals surface area contributed by atoms with Gasteiger partial charge in [-0.25, -0.2) is 0 Å². The van der Waals surface area contributed by atoms with Crippen molar-refractivity contribution in [3.63, 3.8) is 0 Å². The molecule has 0 aromatic carbocycles. The Labute approximate surface area is 108 Å². The second-order valence-corrected chi connectivity index (χ2v) is 4.55. The molecule has 2 unspecified atom stereocenters. The molecule has 1 aliphatic rings. The summed E-state index contributed by atoms with van der Waals surface area (Å²) < 4.78 is 0. The predicted molar refractivity (Wildman–Crippen MR) is 69.9 cm³/mol. The molecule has 1 heterocycles. The van der Waals surface area contributed by atoms with Crippen molar-refractivity contribution < 1.29 is 9.59 Å². The van der Waals surface area contributed by atoms with Gasteiger partial charge in [-0.1, -0.05) is 0 Å². The van der Waals surface area contributed by atoms with Crippen molar-refractivity contribution in [2.45, 2.75) is 32.9 Å². The smallest absolute Gasteiger partial charge is 0.239 e. The van der Waals surface area contributed by atoms with Gasteiger partial charge < -0.3 is 16.0 Å². The lowest BCUT2D eigenvalue weighted by atomic mass is 10.1. The van der Waals surface area contributed by atoms with Crippen LogP contribution in [0.1, 0.15) is 20.8 Å². The number of piperazine rings is 1. The first-order valence-electron chi connectivity index (χ1n) is 6.57. The van der Waals surface area contributed by atoms with Crippen molar-refractivity contribution in [2.24, 2.45) is 5.73 Å². The number of carbonyl (C=O) groups is 2. The lowest BCUT2D eigenvalue weighted by molar-refractivity contribution is -0.139. The molecule has 0 aromatic rings. The fourth-order valence-corrected chi connectivity index (χ4v) is 2.39. The van der Waals surface area contributed by atoms with Crippen LogP contribution in [0.15, 0.2) is 0 Å². The molecule has 1 rings (SSSR count). The Kier molecular flexibility index (Phi) is 5.55. The molecule has 6 heteroatoms. The molecule has 0 spiro atoms. The minimum atomic E-state index is -0.395. The third kappa shape index (κ3) is 3.20. The Morgan fingerprint density at radius 3 is 2.56 bits per heavy atom. The van der Waals surface area contributed by atoms with Crippen LogP contribution in [0.2, 0.25) is 0 Å². The highest BCUT2D eigenvalue weighted by molar-refractivity contribution is 5.84. The second kappa shape index (κ2) is 6.70. The molecular weight excluding hydrogens is 232 g/mol. The van der Waals surface area contributed by atoms with Gasteiger partial charge in [-0.15, -0.1) is 0 Å². The summed E-state index contributed by atoms with van der Waals surface area (Å²) in [5.74, 6) is -0.311. The van der Waals surface area contributed by atoms with E-state index in [-0.39, 0.29) is 17.9 Å². The van der Waals surface area contributed by atoms with Crippen LogP contribution in [0.3, 0.4) is 0 Å². The molecule has 18 heavy (non-hydrogen) atoms. The zero-order valence-electron chi connectivity index (χ0n) is 11.5. The molecule has 0 aromatic heterocycles. The van der Waals surface area contributed by atoms with E-state index in [4.69, 9.17) is 5.73 Å². The van der Waals surface area contributed by atoms with Crippen LogP contribution in [0.5, 0.6) is 0 Å². The van der Waals surface area contributed by atoms with Gasteiger partial charge in [-0.3, -0.25) is 14.5 Å². The van der Waals surface area contributed by atoms with Gasteiger partial charge >= 0.3 is 0 Å². The number of nitrogens with two attached hydrogens (primary N) is 1. The molecule has 0 aliphatic carbocycles. The maximum atomic E-state index is 12.3. The van der Waals surface area contributed by atoms with E-state index in [1.807, 2.05) is 25.7 Å². The monoisotopic (exact) mass is 256 g/mol. The third-order valence-electron chi connectivity index (χ3n) is 3.54. The van der Waals surface area contributed by atoms with Gasteiger partial charge in [0.25, 0.3) is 0 Å².